The molecule has 0 fully saturated rings. The van der Waals surface area contributed by atoms with E-state index in [4.69, 9.17) is 4.74 Å². The summed E-state index contributed by atoms with van der Waals surface area (Å²) in [6.45, 7) is 0. The van der Waals surface area contributed by atoms with Crippen LogP contribution in [0.4, 0.5) is 0 Å². The molecule has 2 aromatic carbocycles. The Morgan fingerprint density at radius 2 is 1.75 bits per heavy atom. The second kappa shape index (κ2) is 5.98. The molecule has 0 aliphatic rings. The van der Waals surface area contributed by atoms with E-state index < -0.39 is 0 Å². The minimum Gasteiger partial charge on any atom is -0.497 e. The molecule has 0 unspecified atom stereocenters. The molecule has 118 valence electrons. The van der Waals surface area contributed by atoms with Gasteiger partial charge in [-0.05, 0) is 47.8 Å². The first kappa shape index (κ1) is 14.7. The van der Waals surface area contributed by atoms with Gasteiger partial charge >= 0.3 is 0 Å². The van der Waals surface area contributed by atoms with E-state index in [1.165, 1.54) is 0 Å². The molecule has 4 heteroatoms. The summed E-state index contributed by atoms with van der Waals surface area (Å²) in [7, 11) is 1.65. The van der Waals surface area contributed by atoms with Gasteiger partial charge in [0, 0.05) is 17.1 Å². The van der Waals surface area contributed by atoms with Crippen LogP contribution in [0.15, 0.2) is 76.9 Å². The zero-order valence-corrected chi connectivity index (χ0v) is 13.9. The molecule has 4 rings (SSSR count). The van der Waals surface area contributed by atoms with E-state index in [-0.39, 0.29) is 5.43 Å². The average Bonchev–Trinajstić information content (AvgIpc) is 3.16. The molecule has 0 radical (unpaired) electrons. The predicted octanol–water partition coefficient (Wildman–Crippen LogP) is 4.73. The summed E-state index contributed by atoms with van der Waals surface area (Å²) in [6.07, 6.45) is 0. The minimum atomic E-state index is 0.0405. The van der Waals surface area contributed by atoms with Crippen molar-refractivity contribution in [1.29, 1.82) is 0 Å². The smallest absolute Gasteiger partial charge is 0.190 e. The van der Waals surface area contributed by atoms with E-state index >= 15 is 0 Å². The van der Waals surface area contributed by atoms with Crippen LogP contribution in [0, 0.1) is 0 Å². The second-order valence-corrected chi connectivity index (χ2v) is 6.37. The molecule has 2 heterocycles. The Bertz CT molecular complexity index is 1050. The number of methoxy groups -OCH3 is 1. The number of hydrogen-bond acceptors (Lipinski definition) is 3. The lowest BCUT2D eigenvalue weighted by Gasteiger charge is -2.16. The van der Waals surface area contributed by atoms with Crippen LogP contribution in [0.5, 0.6) is 5.75 Å². The minimum absolute atomic E-state index is 0.0405. The van der Waals surface area contributed by atoms with E-state index in [9.17, 15) is 4.79 Å². The highest BCUT2D eigenvalue weighted by atomic mass is 32.1. The lowest BCUT2D eigenvalue weighted by atomic mass is 10.1. The fourth-order valence-corrected chi connectivity index (χ4v) is 3.62. The van der Waals surface area contributed by atoms with Crippen molar-refractivity contribution in [1.82, 2.24) is 4.57 Å². The highest BCUT2D eigenvalue weighted by Crippen LogP contribution is 2.30. The maximum Gasteiger partial charge on any atom is 0.190 e. The number of fused-ring (bicyclic) bond motifs is 1. The molecule has 0 aliphatic carbocycles. The number of para-hydroxylation sites is 1. The van der Waals surface area contributed by atoms with Crippen molar-refractivity contribution in [3.05, 3.63) is 82.3 Å². The topological polar surface area (TPSA) is 31.2 Å². The summed E-state index contributed by atoms with van der Waals surface area (Å²) in [5.41, 5.74) is 2.84. The van der Waals surface area contributed by atoms with Gasteiger partial charge < -0.3 is 9.30 Å². The van der Waals surface area contributed by atoms with Gasteiger partial charge in [-0.15, -0.1) is 11.3 Å². The quantitative estimate of drug-likeness (QED) is 0.543. The fourth-order valence-electron chi connectivity index (χ4n) is 2.89. The normalized spacial score (nSPS) is 10.9. The third-order valence-electron chi connectivity index (χ3n) is 4.02. The first-order valence-electron chi connectivity index (χ1n) is 7.61. The lowest BCUT2D eigenvalue weighted by Crippen LogP contribution is -2.10. The monoisotopic (exact) mass is 333 g/mol. The molecular weight excluding hydrogens is 318 g/mol. The van der Waals surface area contributed by atoms with Crippen LogP contribution in [0.3, 0.4) is 0 Å². The number of hydrogen-bond donors (Lipinski definition) is 0. The summed E-state index contributed by atoms with van der Waals surface area (Å²) in [5.74, 6) is 0.807. The molecule has 3 nitrogen and oxygen atoms in total. The molecule has 0 spiro atoms. The van der Waals surface area contributed by atoms with Gasteiger partial charge in [0.05, 0.1) is 23.2 Å². The van der Waals surface area contributed by atoms with Crippen molar-refractivity contribution in [3.63, 3.8) is 0 Å². The number of nitrogens with zero attached hydrogens (tertiary/aromatic N) is 1. The molecule has 0 amide bonds. The van der Waals surface area contributed by atoms with Crippen molar-refractivity contribution in [3.8, 4) is 22.0 Å². The van der Waals surface area contributed by atoms with E-state index in [2.05, 4.69) is 4.57 Å². The van der Waals surface area contributed by atoms with Crippen LogP contribution in [-0.2, 0) is 0 Å². The Balaban J connectivity index is 2.09. The van der Waals surface area contributed by atoms with Gasteiger partial charge in [-0.25, -0.2) is 0 Å². The Kier molecular flexibility index (Phi) is 3.67. The highest BCUT2D eigenvalue weighted by Gasteiger charge is 2.13. The molecule has 24 heavy (non-hydrogen) atoms. The molecule has 0 saturated carbocycles. The summed E-state index contributed by atoms with van der Waals surface area (Å²) >= 11 is 1.63. The molecule has 4 aromatic rings. The molecule has 0 N–H and O–H groups in total. The highest BCUT2D eigenvalue weighted by molar-refractivity contribution is 7.13. The summed E-state index contributed by atoms with van der Waals surface area (Å²) in [6, 6.07) is 21.3. The zero-order valence-electron chi connectivity index (χ0n) is 13.1. The lowest BCUT2D eigenvalue weighted by molar-refractivity contribution is 0.415. The third-order valence-corrected chi connectivity index (χ3v) is 4.92. The third kappa shape index (κ3) is 2.41. The van der Waals surface area contributed by atoms with Gasteiger partial charge in [-0.2, -0.15) is 0 Å². The molecular formula is C20H15NO2S. The van der Waals surface area contributed by atoms with Crippen molar-refractivity contribution >= 4 is 22.2 Å². The predicted molar refractivity (Wildman–Crippen MR) is 99.4 cm³/mol. The van der Waals surface area contributed by atoms with Crippen LogP contribution < -0.4 is 10.2 Å². The van der Waals surface area contributed by atoms with Crippen LogP contribution in [0.1, 0.15) is 0 Å². The van der Waals surface area contributed by atoms with E-state index in [0.717, 1.165) is 27.5 Å². The molecule has 0 saturated heterocycles. The maximum atomic E-state index is 12.6. The SMILES string of the molecule is COc1ccc(-n2c(-c3cccs3)cc(=O)c3ccccc32)cc1. The Morgan fingerprint density at radius 1 is 0.958 bits per heavy atom. The molecule has 0 bridgehead atoms. The fraction of sp³-hybridized carbons (Fsp3) is 0.0500. The van der Waals surface area contributed by atoms with Crippen LogP contribution >= 0.6 is 11.3 Å². The number of aromatic nitrogens is 1. The Labute approximate surface area is 143 Å². The molecule has 0 aliphatic heterocycles. The van der Waals surface area contributed by atoms with Crippen molar-refractivity contribution in [2.75, 3.05) is 7.11 Å². The average molecular weight is 333 g/mol. The van der Waals surface area contributed by atoms with E-state index in [1.54, 1.807) is 24.5 Å². The largest absolute Gasteiger partial charge is 0.497 e. The van der Waals surface area contributed by atoms with Gasteiger partial charge in [0.15, 0.2) is 5.43 Å². The van der Waals surface area contributed by atoms with Gasteiger partial charge in [0.1, 0.15) is 5.75 Å². The maximum absolute atomic E-state index is 12.6. The molecule has 2 aromatic heterocycles. The van der Waals surface area contributed by atoms with Gasteiger partial charge in [-0.3, -0.25) is 4.79 Å². The first-order chi connectivity index (χ1) is 11.8. The summed E-state index contributed by atoms with van der Waals surface area (Å²) in [5, 5.41) is 2.74. The van der Waals surface area contributed by atoms with Crippen molar-refractivity contribution in [2.45, 2.75) is 0 Å². The number of rotatable bonds is 3. The van der Waals surface area contributed by atoms with Gasteiger partial charge in [0.25, 0.3) is 0 Å². The number of thiophene rings is 1. The Hall–Kier alpha value is -2.85. The van der Waals surface area contributed by atoms with Crippen molar-refractivity contribution in [2.24, 2.45) is 0 Å². The number of ether oxygens (including phenoxy) is 1. The number of benzene rings is 2. The standard InChI is InChI=1S/C20H15NO2S/c1-23-15-10-8-14(9-11-15)21-17-6-3-2-5-16(17)19(22)13-18(21)20-7-4-12-24-20/h2-13H,1H3. The van der Waals surface area contributed by atoms with Crippen LogP contribution in [-0.4, -0.2) is 11.7 Å². The Morgan fingerprint density at radius 3 is 2.46 bits per heavy atom. The van der Waals surface area contributed by atoms with Gasteiger partial charge in [-0.1, -0.05) is 18.2 Å². The summed E-state index contributed by atoms with van der Waals surface area (Å²) in [4.78, 5) is 13.6. The second-order valence-electron chi connectivity index (χ2n) is 5.42. The van der Waals surface area contributed by atoms with Crippen molar-refractivity contribution < 1.29 is 4.74 Å². The summed E-state index contributed by atoms with van der Waals surface area (Å²) < 4.78 is 7.38. The van der Waals surface area contributed by atoms with Crippen LogP contribution in [0.25, 0.3) is 27.2 Å². The van der Waals surface area contributed by atoms with E-state index in [1.807, 2.05) is 66.0 Å². The zero-order chi connectivity index (χ0) is 16.5. The van der Waals surface area contributed by atoms with Gasteiger partial charge in [0.2, 0.25) is 0 Å². The van der Waals surface area contributed by atoms with Crippen LogP contribution in [0.2, 0.25) is 0 Å². The number of pyridine rings is 1. The van der Waals surface area contributed by atoms with E-state index in [0.29, 0.717) is 5.39 Å². The first-order valence-corrected chi connectivity index (χ1v) is 8.49. The molecule has 0 atom stereocenters.